The van der Waals surface area contributed by atoms with Crippen molar-refractivity contribution in [2.45, 2.75) is 64.7 Å². The van der Waals surface area contributed by atoms with Crippen molar-refractivity contribution in [3.8, 4) is 11.8 Å². The fourth-order valence-electron chi connectivity index (χ4n) is 6.10. The summed E-state index contributed by atoms with van der Waals surface area (Å²) < 4.78 is 0. The molecule has 0 radical (unpaired) electrons. The summed E-state index contributed by atoms with van der Waals surface area (Å²) >= 11 is 0. The second kappa shape index (κ2) is 5.66. The number of fused-ring (bicyclic) bond motifs is 5. The molecule has 0 saturated heterocycles. The molecule has 0 bridgehead atoms. The third-order valence-corrected chi connectivity index (χ3v) is 7.39. The minimum atomic E-state index is 0.249. The van der Waals surface area contributed by atoms with Crippen LogP contribution < -0.4 is 0 Å². The molecule has 0 amide bonds. The molecule has 3 aliphatic rings. The highest BCUT2D eigenvalue weighted by Crippen LogP contribution is 2.62. The number of phenolic OH excluding ortho intramolecular Hbond substituents is 1. The fraction of sp³-hybridized carbons (Fsp3) is 0.591. The van der Waals surface area contributed by atoms with Crippen LogP contribution in [0.3, 0.4) is 0 Å². The molecule has 2 nitrogen and oxygen atoms in total. The van der Waals surface area contributed by atoms with Crippen molar-refractivity contribution in [1.29, 1.82) is 5.26 Å². The highest BCUT2D eigenvalue weighted by molar-refractivity contribution is 5.46. The van der Waals surface area contributed by atoms with Gasteiger partial charge in [-0.25, -0.2) is 0 Å². The summed E-state index contributed by atoms with van der Waals surface area (Å²) in [6.45, 7) is 4.53. The number of hydrogen-bond donors (Lipinski definition) is 1. The number of nitriles is 1. The average molecular weight is 321 g/mol. The number of benzene rings is 1. The van der Waals surface area contributed by atoms with E-state index in [0.717, 1.165) is 36.7 Å². The average Bonchev–Trinajstić information content (AvgIpc) is 2.91. The Morgan fingerprint density at radius 1 is 1.29 bits per heavy atom. The number of nitrogens with zero attached hydrogens (tertiary/aromatic N) is 1. The molecule has 2 saturated carbocycles. The maximum Gasteiger partial charge on any atom is 0.119 e. The normalized spacial score (nSPS) is 35.9. The molecular weight excluding hydrogens is 294 g/mol. The molecule has 24 heavy (non-hydrogen) atoms. The van der Waals surface area contributed by atoms with Gasteiger partial charge < -0.3 is 5.11 Å². The number of hydrogen-bond acceptors (Lipinski definition) is 2. The van der Waals surface area contributed by atoms with Crippen molar-refractivity contribution in [1.82, 2.24) is 0 Å². The molecule has 4 atom stereocenters. The Balaban J connectivity index is 1.72. The molecule has 1 aromatic rings. The van der Waals surface area contributed by atoms with E-state index in [-0.39, 0.29) is 5.41 Å². The van der Waals surface area contributed by atoms with Gasteiger partial charge >= 0.3 is 0 Å². The Bertz CT molecular complexity index is 741. The van der Waals surface area contributed by atoms with Gasteiger partial charge in [0.05, 0.1) is 6.07 Å². The molecule has 3 aliphatic carbocycles. The van der Waals surface area contributed by atoms with Crippen LogP contribution in [0.15, 0.2) is 23.8 Å². The lowest BCUT2D eigenvalue weighted by molar-refractivity contribution is 0.0814. The van der Waals surface area contributed by atoms with E-state index in [4.69, 9.17) is 5.26 Å². The summed E-state index contributed by atoms with van der Waals surface area (Å²) in [6, 6.07) is 6.62. The van der Waals surface area contributed by atoms with Gasteiger partial charge in [-0.05, 0) is 90.9 Å². The molecule has 1 aromatic carbocycles. The van der Waals surface area contributed by atoms with E-state index in [1.54, 1.807) is 0 Å². The highest BCUT2D eigenvalue weighted by atomic mass is 16.3. The van der Waals surface area contributed by atoms with Gasteiger partial charge in [-0.1, -0.05) is 25.5 Å². The van der Waals surface area contributed by atoms with Gasteiger partial charge in [0, 0.05) is 6.08 Å². The van der Waals surface area contributed by atoms with Gasteiger partial charge in [-0.2, -0.15) is 5.26 Å². The first-order valence-corrected chi connectivity index (χ1v) is 9.52. The fourth-order valence-corrected chi connectivity index (χ4v) is 6.10. The van der Waals surface area contributed by atoms with Crippen LogP contribution in [0.5, 0.6) is 5.75 Å². The van der Waals surface area contributed by atoms with Crippen molar-refractivity contribution in [3.63, 3.8) is 0 Å². The second-order valence-corrected chi connectivity index (χ2v) is 8.24. The van der Waals surface area contributed by atoms with Gasteiger partial charge in [-0.15, -0.1) is 0 Å². The minimum Gasteiger partial charge on any atom is -0.508 e. The summed E-state index contributed by atoms with van der Waals surface area (Å²) in [5.41, 5.74) is 5.64. The zero-order valence-corrected chi connectivity index (χ0v) is 14.8. The Kier molecular flexibility index (Phi) is 3.71. The van der Waals surface area contributed by atoms with E-state index in [1.807, 2.05) is 12.1 Å². The molecule has 1 N–H and O–H groups in total. The van der Waals surface area contributed by atoms with Crippen molar-refractivity contribution < 1.29 is 5.11 Å². The first-order chi connectivity index (χ1) is 11.6. The van der Waals surface area contributed by atoms with Gasteiger partial charge in [0.15, 0.2) is 0 Å². The largest absolute Gasteiger partial charge is 0.508 e. The Hall–Kier alpha value is -1.75. The van der Waals surface area contributed by atoms with E-state index in [2.05, 4.69) is 26.0 Å². The molecule has 4 unspecified atom stereocenters. The topological polar surface area (TPSA) is 44.0 Å². The van der Waals surface area contributed by atoms with Gasteiger partial charge in [0.25, 0.3) is 0 Å². The lowest BCUT2D eigenvalue weighted by Crippen LogP contribution is -2.40. The predicted octanol–water partition coefficient (Wildman–Crippen LogP) is 5.26. The van der Waals surface area contributed by atoms with Crippen molar-refractivity contribution in [2.75, 3.05) is 0 Å². The van der Waals surface area contributed by atoms with Crippen LogP contribution >= 0.6 is 0 Å². The Morgan fingerprint density at radius 3 is 2.88 bits per heavy atom. The van der Waals surface area contributed by atoms with E-state index in [0.29, 0.717) is 11.7 Å². The smallest absolute Gasteiger partial charge is 0.119 e. The van der Waals surface area contributed by atoms with Crippen molar-refractivity contribution in [3.05, 3.63) is 40.5 Å². The number of allylic oxidation sites excluding steroid dienone is 2. The monoisotopic (exact) mass is 321 g/mol. The Morgan fingerprint density at radius 2 is 2.12 bits per heavy atom. The van der Waals surface area contributed by atoms with Crippen molar-refractivity contribution >= 4 is 0 Å². The van der Waals surface area contributed by atoms with Crippen LogP contribution in [0.1, 0.15) is 68.6 Å². The molecule has 0 aliphatic heterocycles. The van der Waals surface area contributed by atoms with Crippen LogP contribution in [-0.4, -0.2) is 5.11 Å². The van der Waals surface area contributed by atoms with Gasteiger partial charge in [-0.3, -0.25) is 0 Å². The first kappa shape index (κ1) is 15.8. The number of phenols is 1. The maximum atomic E-state index is 10.2. The lowest BCUT2D eigenvalue weighted by atomic mass is 9.55. The van der Waals surface area contributed by atoms with Crippen LogP contribution in [0.2, 0.25) is 0 Å². The first-order valence-electron chi connectivity index (χ1n) is 9.52. The molecule has 2 heteroatoms. The summed E-state index contributed by atoms with van der Waals surface area (Å²) in [7, 11) is 0. The summed E-state index contributed by atoms with van der Waals surface area (Å²) in [6.07, 6.45) is 9.85. The van der Waals surface area contributed by atoms with Crippen LogP contribution in [-0.2, 0) is 12.8 Å². The third kappa shape index (κ3) is 2.14. The predicted molar refractivity (Wildman–Crippen MR) is 95.8 cm³/mol. The minimum absolute atomic E-state index is 0.249. The highest BCUT2D eigenvalue weighted by Gasteiger charge is 2.52. The quantitative estimate of drug-likeness (QED) is 0.717. The number of aromatic hydroxyl groups is 1. The maximum absolute atomic E-state index is 10.2. The number of aryl methyl sites for hydroxylation is 2. The van der Waals surface area contributed by atoms with E-state index in [9.17, 15) is 5.11 Å². The SMILES string of the molecule is CCc1cc2c(cc1O)CCC1C2CCC2(C)/C(=C/C#N)CCC12. The summed E-state index contributed by atoms with van der Waals surface area (Å²) in [5, 5.41) is 19.3. The third-order valence-electron chi connectivity index (χ3n) is 7.39. The molecule has 0 aromatic heterocycles. The molecule has 126 valence electrons. The molecule has 0 spiro atoms. The lowest BCUT2D eigenvalue weighted by Gasteiger charge is -2.49. The van der Waals surface area contributed by atoms with Crippen molar-refractivity contribution in [2.24, 2.45) is 17.3 Å². The molecule has 0 heterocycles. The van der Waals surface area contributed by atoms with Crippen LogP contribution in [0.25, 0.3) is 0 Å². The zero-order valence-electron chi connectivity index (χ0n) is 14.8. The summed E-state index contributed by atoms with van der Waals surface area (Å²) in [5.74, 6) is 2.60. The van der Waals surface area contributed by atoms with E-state index >= 15 is 0 Å². The number of rotatable bonds is 1. The Labute approximate surface area is 145 Å². The van der Waals surface area contributed by atoms with E-state index in [1.165, 1.54) is 42.4 Å². The molecule has 2 fully saturated rings. The van der Waals surface area contributed by atoms with E-state index < -0.39 is 0 Å². The second-order valence-electron chi connectivity index (χ2n) is 8.24. The summed E-state index contributed by atoms with van der Waals surface area (Å²) in [4.78, 5) is 0. The van der Waals surface area contributed by atoms with Gasteiger partial charge in [0.1, 0.15) is 5.75 Å². The molecule has 4 rings (SSSR count). The van der Waals surface area contributed by atoms with Crippen LogP contribution in [0.4, 0.5) is 0 Å². The van der Waals surface area contributed by atoms with Crippen LogP contribution in [0, 0.1) is 28.6 Å². The van der Waals surface area contributed by atoms with Gasteiger partial charge in [0.2, 0.25) is 0 Å². The molecular formula is C22H27NO. The zero-order chi connectivity index (χ0) is 16.9. The standard InChI is InChI=1S/C22H27NO/c1-3-14-12-19-15(13-21(14)24)4-6-18-17(19)8-10-22(2)16(9-11-23)5-7-20(18)22/h9,12-13,17-18,20,24H,3-8,10H2,1-2H3/b16-9+.